The van der Waals surface area contributed by atoms with Gasteiger partial charge in [-0.2, -0.15) is 0 Å². The minimum Gasteiger partial charge on any atom is -0.359 e. The van der Waals surface area contributed by atoms with E-state index in [1.165, 1.54) is 14.1 Å². The van der Waals surface area contributed by atoms with E-state index >= 15 is 0 Å². The number of nitrogens with one attached hydrogen (secondary N) is 2. The first-order valence-electron chi connectivity index (χ1n) is 12.4. The molecule has 0 aromatic carbocycles. The van der Waals surface area contributed by atoms with Crippen LogP contribution in [0.3, 0.4) is 0 Å². The number of imide groups is 1. The molecule has 1 aliphatic rings. The summed E-state index contributed by atoms with van der Waals surface area (Å²) in [6, 6.07) is 5.10. The van der Waals surface area contributed by atoms with E-state index in [9.17, 15) is 19.2 Å². The Kier molecular flexibility index (Phi) is 8.98. The van der Waals surface area contributed by atoms with Crippen molar-refractivity contribution in [1.82, 2.24) is 24.9 Å². The Labute approximate surface area is 211 Å². The maximum atomic E-state index is 13.1. The Bertz CT molecular complexity index is 1140. The summed E-state index contributed by atoms with van der Waals surface area (Å²) in [6.07, 6.45) is 7.95. The third kappa shape index (κ3) is 5.64. The number of hydrogen-bond acceptors (Lipinski definition) is 6. The molecule has 3 rings (SSSR count). The van der Waals surface area contributed by atoms with Crippen LogP contribution in [0.25, 0.3) is 5.65 Å². The zero-order valence-corrected chi connectivity index (χ0v) is 21.1. The number of likely N-dealkylation sites (N-methyl/N-ethyl adjacent to an activating group) is 1. The van der Waals surface area contributed by atoms with E-state index in [2.05, 4.69) is 22.2 Å². The topological polar surface area (TPSA) is 139 Å². The zero-order chi connectivity index (χ0) is 26.3. The summed E-state index contributed by atoms with van der Waals surface area (Å²) in [5.41, 5.74) is 5.57. The Morgan fingerprint density at radius 3 is 2.67 bits per heavy atom. The van der Waals surface area contributed by atoms with Crippen molar-refractivity contribution < 1.29 is 19.2 Å². The van der Waals surface area contributed by atoms with Gasteiger partial charge in [0.25, 0.3) is 5.91 Å². The van der Waals surface area contributed by atoms with Crippen LogP contribution >= 0.6 is 0 Å². The molecule has 2 aromatic heterocycles. The average molecular weight is 497 g/mol. The standard InChI is InChI=1S/C26H36N6O4/c1-4-5-6-9-18(16-27)10-8-13-29-24(35)19-11-7-12-21-30-20(17-32(19)21)26(14-22(33)28-2)15-23(34)31(3)25(26)36/h4,7,11-12,17-18H,1,5-6,8-10,13-16,27H2,2-3H3,(H,28,33)(H,29,35). The van der Waals surface area contributed by atoms with Crippen molar-refractivity contribution in [3.63, 3.8) is 0 Å². The number of nitrogens with zero attached hydrogens (tertiary/aromatic N) is 3. The predicted molar refractivity (Wildman–Crippen MR) is 136 cm³/mol. The van der Waals surface area contributed by atoms with E-state index in [1.54, 1.807) is 28.8 Å². The first kappa shape index (κ1) is 27.1. The van der Waals surface area contributed by atoms with Crippen LogP contribution < -0.4 is 16.4 Å². The summed E-state index contributed by atoms with van der Waals surface area (Å²) in [5, 5.41) is 5.48. The van der Waals surface area contributed by atoms with E-state index in [0.717, 1.165) is 37.0 Å². The maximum Gasteiger partial charge on any atom is 0.268 e. The second-order valence-electron chi connectivity index (χ2n) is 9.35. The van der Waals surface area contributed by atoms with Crippen molar-refractivity contribution in [2.75, 3.05) is 27.2 Å². The highest BCUT2D eigenvalue weighted by atomic mass is 16.2. The molecule has 4 amide bonds. The van der Waals surface area contributed by atoms with Gasteiger partial charge < -0.3 is 16.4 Å². The van der Waals surface area contributed by atoms with Crippen molar-refractivity contribution in [3.05, 3.63) is 48.4 Å². The van der Waals surface area contributed by atoms with Crippen molar-refractivity contribution in [1.29, 1.82) is 0 Å². The van der Waals surface area contributed by atoms with E-state index < -0.39 is 11.3 Å². The third-order valence-electron chi connectivity index (χ3n) is 6.93. The average Bonchev–Trinajstić information content (AvgIpc) is 3.41. The lowest BCUT2D eigenvalue weighted by Gasteiger charge is -2.23. The molecular formula is C26H36N6O4. The van der Waals surface area contributed by atoms with Gasteiger partial charge in [0.2, 0.25) is 17.7 Å². The fourth-order valence-corrected chi connectivity index (χ4v) is 4.72. The molecule has 2 atom stereocenters. The number of carbonyl (C=O) groups excluding carboxylic acids is 4. The smallest absolute Gasteiger partial charge is 0.268 e. The van der Waals surface area contributed by atoms with Crippen LogP contribution in [0, 0.1) is 5.92 Å². The minimum absolute atomic E-state index is 0.156. The van der Waals surface area contributed by atoms with Gasteiger partial charge in [-0.1, -0.05) is 12.1 Å². The van der Waals surface area contributed by atoms with E-state index in [0.29, 0.717) is 36.0 Å². The molecule has 0 saturated carbocycles. The van der Waals surface area contributed by atoms with Gasteiger partial charge in [0.15, 0.2) is 0 Å². The number of hydrogen-bond donors (Lipinski definition) is 3. The highest BCUT2D eigenvalue weighted by Gasteiger charge is 2.54. The maximum absolute atomic E-state index is 13.1. The second-order valence-corrected chi connectivity index (χ2v) is 9.35. The largest absolute Gasteiger partial charge is 0.359 e. The quantitative estimate of drug-likeness (QED) is 0.218. The van der Waals surface area contributed by atoms with Crippen molar-refractivity contribution in [3.8, 4) is 0 Å². The molecule has 194 valence electrons. The van der Waals surface area contributed by atoms with Gasteiger partial charge in [-0.15, -0.1) is 6.58 Å². The first-order valence-corrected chi connectivity index (χ1v) is 12.4. The molecule has 1 fully saturated rings. The van der Waals surface area contributed by atoms with Crippen LogP contribution in [0.15, 0.2) is 37.1 Å². The molecular weight excluding hydrogens is 460 g/mol. The van der Waals surface area contributed by atoms with Crippen LogP contribution in [-0.2, 0) is 19.8 Å². The Morgan fingerprint density at radius 2 is 2.03 bits per heavy atom. The molecule has 36 heavy (non-hydrogen) atoms. The molecule has 1 aliphatic heterocycles. The van der Waals surface area contributed by atoms with Crippen LogP contribution in [-0.4, -0.2) is 65.1 Å². The van der Waals surface area contributed by atoms with Crippen molar-refractivity contribution in [2.24, 2.45) is 11.7 Å². The Hall–Kier alpha value is -3.53. The van der Waals surface area contributed by atoms with Gasteiger partial charge in [0.05, 0.1) is 5.69 Å². The third-order valence-corrected chi connectivity index (χ3v) is 6.93. The summed E-state index contributed by atoms with van der Waals surface area (Å²) in [6.45, 7) is 4.87. The lowest BCUT2D eigenvalue weighted by Crippen LogP contribution is -2.41. The number of carbonyl (C=O) groups is 4. The summed E-state index contributed by atoms with van der Waals surface area (Å²) in [7, 11) is 2.88. The molecule has 4 N–H and O–H groups in total. The lowest BCUT2D eigenvalue weighted by molar-refractivity contribution is -0.139. The van der Waals surface area contributed by atoms with Gasteiger partial charge in [0.1, 0.15) is 16.8 Å². The summed E-state index contributed by atoms with van der Waals surface area (Å²) >= 11 is 0. The number of aromatic nitrogens is 2. The number of fused-ring (bicyclic) bond motifs is 1. The summed E-state index contributed by atoms with van der Waals surface area (Å²) < 4.78 is 1.60. The molecule has 0 bridgehead atoms. The molecule has 2 aromatic rings. The molecule has 0 spiro atoms. The van der Waals surface area contributed by atoms with E-state index in [4.69, 9.17) is 5.73 Å². The zero-order valence-electron chi connectivity index (χ0n) is 21.1. The molecule has 3 heterocycles. The number of rotatable bonds is 13. The molecule has 10 heteroatoms. The van der Waals surface area contributed by atoms with Crippen LogP contribution in [0.5, 0.6) is 0 Å². The number of unbranched alkanes of at least 4 members (excludes halogenated alkanes) is 1. The van der Waals surface area contributed by atoms with E-state index in [1.807, 2.05) is 6.08 Å². The summed E-state index contributed by atoms with van der Waals surface area (Å²) in [4.78, 5) is 56.4. The van der Waals surface area contributed by atoms with Gasteiger partial charge in [-0.25, -0.2) is 4.98 Å². The molecule has 0 aliphatic carbocycles. The first-order chi connectivity index (χ1) is 17.3. The van der Waals surface area contributed by atoms with Gasteiger partial charge in [-0.3, -0.25) is 28.5 Å². The van der Waals surface area contributed by atoms with Crippen LogP contribution in [0.4, 0.5) is 0 Å². The highest BCUT2D eigenvalue weighted by Crippen LogP contribution is 2.39. The highest BCUT2D eigenvalue weighted by molar-refractivity contribution is 6.10. The number of allylic oxidation sites excluding steroid dienone is 1. The molecule has 2 unspecified atom stereocenters. The van der Waals surface area contributed by atoms with Gasteiger partial charge in [0, 0.05) is 39.7 Å². The minimum atomic E-state index is -1.41. The Morgan fingerprint density at radius 1 is 1.28 bits per heavy atom. The van der Waals surface area contributed by atoms with Gasteiger partial charge >= 0.3 is 0 Å². The number of pyridine rings is 1. The number of likely N-dealkylation sites (tertiary alicyclic amines) is 1. The number of imidazole rings is 1. The monoisotopic (exact) mass is 496 g/mol. The Balaban J connectivity index is 1.77. The number of amides is 4. The molecule has 1 saturated heterocycles. The fraction of sp³-hybridized carbons (Fsp3) is 0.500. The SMILES string of the molecule is C=CCCCC(CN)CCCNC(=O)c1cccc2nc(C3(CC(=O)NC)CC(=O)N(C)C3=O)cn12. The van der Waals surface area contributed by atoms with Crippen LogP contribution in [0.1, 0.15) is 61.1 Å². The number of nitrogens with two attached hydrogens (primary N) is 1. The van der Waals surface area contributed by atoms with Crippen molar-refractivity contribution >= 4 is 29.3 Å². The molecule has 10 nitrogen and oxygen atoms in total. The van der Waals surface area contributed by atoms with Crippen molar-refractivity contribution in [2.45, 2.75) is 50.4 Å². The molecule has 0 radical (unpaired) electrons. The van der Waals surface area contributed by atoms with Crippen LogP contribution in [0.2, 0.25) is 0 Å². The summed E-state index contributed by atoms with van der Waals surface area (Å²) in [5.74, 6) is -1.08. The predicted octanol–water partition coefficient (Wildman–Crippen LogP) is 1.54. The normalized spacial score (nSPS) is 18.5. The van der Waals surface area contributed by atoms with E-state index in [-0.39, 0.29) is 30.6 Å². The van der Waals surface area contributed by atoms with Gasteiger partial charge in [-0.05, 0) is 56.7 Å². The fourth-order valence-electron chi connectivity index (χ4n) is 4.72. The second kappa shape index (κ2) is 11.9. The lowest BCUT2D eigenvalue weighted by atomic mass is 9.79.